The summed E-state index contributed by atoms with van der Waals surface area (Å²) >= 11 is 0. The normalized spacial score (nSPS) is 19.6. The molecule has 2 aromatic rings. The number of hydrogen-bond acceptors (Lipinski definition) is 2. The minimum absolute atomic E-state index is 0.323. The maximum Gasteiger partial charge on any atom is 0.0471 e. The summed E-state index contributed by atoms with van der Waals surface area (Å²) < 4.78 is 0. The number of nitrogens with zero attached hydrogens (tertiary/aromatic N) is 1. The van der Waals surface area contributed by atoms with Gasteiger partial charge in [0.05, 0.1) is 0 Å². The van der Waals surface area contributed by atoms with Crippen molar-refractivity contribution in [1.29, 1.82) is 0 Å². The Morgan fingerprint density at radius 3 is 2.38 bits per heavy atom. The van der Waals surface area contributed by atoms with Gasteiger partial charge < -0.3 is 5.11 Å². The first-order chi connectivity index (χ1) is 10.3. The van der Waals surface area contributed by atoms with E-state index < -0.39 is 0 Å². The van der Waals surface area contributed by atoms with Gasteiger partial charge in [0.25, 0.3) is 0 Å². The van der Waals surface area contributed by atoms with Gasteiger partial charge in [-0.15, -0.1) is 0 Å². The average molecular weight is 281 g/mol. The molecule has 1 atom stereocenters. The molecule has 3 rings (SSSR count). The predicted molar refractivity (Wildman–Crippen MR) is 87.0 cm³/mol. The van der Waals surface area contributed by atoms with Crippen LogP contribution in [0, 0.1) is 5.92 Å². The Labute approximate surface area is 127 Å². The lowest BCUT2D eigenvalue weighted by Crippen LogP contribution is -2.36. The number of likely N-dealkylation sites (tertiary alicyclic amines) is 1. The van der Waals surface area contributed by atoms with E-state index >= 15 is 0 Å². The quantitative estimate of drug-likeness (QED) is 0.926. The summed E-state index contributed by atoms with van der Waals surface area (Å²) in [5, 5.41) is 9.31. The number of hydrogen-bond donors (Lipinski definition) is 1. The molecule has 2 aromatic carbocycles. The maximum atomic E-state index is 9.31. The average Bonchev–Trinajstić information content (AvgIpc) is 2.56. The van der Waals surface area contributed by atoms with E-state index in [4.69, 9.17) is 0 Å². The molecule has 1 fully saturated rings. The molecule has 1 aliphatic rings. The lowest BCUT2D eigenvalue weighted by Gasteiger charge is -2.31. The highest BCUT2D eigenvalue weighted by Gasteiger charge is 2.18. The van der Waals surface area contributed by atoms with Crippen molar-refractivity contribution in [1.82, 2.24) is 4.90 Å². The van der Waals surface area contributed by atoms with Crippen LogP contribution in [0.4, 0.5) is 0 Å². The molecule has 1 heterocycles. The standard InChI is InChI=1S/C19H23NO/c21-15-17-5-4-12-20(14-17)13-16-8-10-19(11-9-16)18-6-2-1-3-7-18/h1-3,6-11,17,21H,4-5,12-15H2/t17-/m1/s1. The molecule has 0 bridgehead atoms. The molecule has 21 heavy (non-hydrogen) atoms. The van der Waals surface area contributed by atoms with Crippen molar-refractivity contribution in [2.75, 3.05) is 19.7 Å². The molecule has 2 heteroatoms. The third-order valence-corrected chi connectivity index (χ3v) is 4.33. The number of piperidine rings is 1. The van der Waals surface area contributed by atoms with Gasteiger partial charge in [-0.05, 0) is 42.0 Å². The van der Waals surface area contributed by atoms with Gasteiger partial charge in [-0.25, -0.2) is 0 Å². The van der Waals surface area contributed by atoms with E-state index in [-0.39, 0.29) is 0 Å². The summed E-state index contributed by atoms with van der Waals surface area (Å²) in [6, 6.07) is 19.4. The number of aliphatic hydroxyl groups excluding tert-OH is 1. The van der Waals surface area contributed by atoms with Gasteiger partial charge >= 0.3 is 0 Å². The number of aliphatic hydroxyl groups is 1. The van der Waals surface area contributed by atoms with Crippen LogP contribution >= 0.6 is 0 Å². The van der Waals surface area contributed by atoms with E-state index in [1.54, 1.807) is 0 Å². The summed E-state index contributed by atoms with van der Waals surface area (Å²) in [7, 11) is 0. The van der Waals surface area contributed by atoms with E-state index in [1.165, 1.54) is 29.5 Å². The van der Waals surface area contributed by atoms with Crippen LogP contribution in [-0.4, -0.2) is 29.7 Å². The van der Waals surface area contributed by atoms with Crippen molar-refractivity contribution < 1.29 is 5.11 Å². The zero-order valence-electron chi connectivity index (χ0n) is 12.4. The van der Waals surface area contributed by atoms with Crippen molar-refractivity contribution >= 4 is 0 Å². The van der Waals surface area contributed by atoms with Crippen LogP contribution in [0.2, 0.25) is 0 Å². The fraction of sp³-hybridized carbons (Fsp3) is 0.368. The van der Waals surface area contributed by atoms with Crippen molar-refractivity contribution in [3.63, 3.8) is 0 Å². The van der Waals surface area contributed by atoms with Crippen molar-refractivity contribution in [2.45, 2.75) is 19.4 Å². The highest BCUT2D eigenvalue weighted by molar-refractivity contribution is 5.63. The second kappa shape index (κ2) is 6.88. The Bertz CT molecular complexity index is 550. The molecule has 0 spiro atoms. The van der Waals surface area contributed by atoms with Crippen molar-refractivity contribution in [3.05, 3.63) is 60.2 Å². The van der Waals surface area contributed by atoms with Crippen molar-refractivity contribution in [2.24, 2.45) is 5.92 Å². The van der Waals surface area contributed by atoms with Gasteiger partial charge in [0.2, 0.25) is 0 Å². The third-order valence-electron chi connectivity index (χ3n) is 4.33. The number of benzene rings is 2. The Kier molecular flexibility index (Phi) is 4.69. The SMILES string of the molecule is OC[C@@H]1CCCN(Cc2ccc(-c3ccccc3)cc2)C1. The molecular weight excluding hydrogens is 258 g/mol. The van der Waals surface area contributed by atoms with Crippen molar-refractivity contribution in [3.8, 4) is 11.1 Å². The zero-order valence-corrected chi connectivity index (χ0v) is 12.4. The Balaban J connectivity index is 1.65. The van der Waals surface area contributed by atoms with Crippen LogP contribution in [0.25, 0.3) is 11.1 Å². The minimum atomic E-state index is 0.323. The second-order valence-electron chi connectivity index (χ2n) is 5.99. The smallest absolute Gasteiger partial charge is 0.0471 e. The molecule has 0 saturated carbocycles. The maximum absolute atomic E-state index is 9.31. The van der Waals surface area contributed by atoms with E-state index in [1.807, 2.05) is 6.07 Å². The van der Waals surface area contributed by atoms with Crippen LogP contribution in [0.15, 0.2) is 54.6 Å². The van der Waals surface area contributed by atoms with E-state index in [2.05, 4.69) is 53.4 Å². The van der Waals surface area contributed by atoms with Gasteiger partial charge in [0, 0.05) is 19.7 Å². The van der Waals surface area contributed by atoms with Gasteiger partial charge in [-0.1, -0.05) is 54.6 Å². The first kappa shape index (κ1) is 14.3. The molecule has 1 saturated heterocycles. The fourth-order valence-corrected chi connectivity index (χ4v) is 3.14. The summed E-state index contributed by atoms with van der Waals surface area (Å²) in [5.41, 5.74) is 3.89. The number of rotatable bonds is 4. The van der Waals surface area contributed by atoms with Crippen LogP contribution in [0.3, 0.4) is 0 Å². The molecule has 0 unspecified atom stereocenters. The van der Waals surface area contributed by atoms with Crippen LogP contribution in [-0.2, 0) is 6.54 Å². The van der Waals surface area contributed by atoms with E-state index in [0.29, 0.717) is 12.5 Å². The Morgan fingerprint density at radius 2 is 1.67 bits per heavy atom. The molecule has 0 aliphatic carbocycles. The monoisotopic (exact) mass is 281 g/mol. The first-order valence-electron chi connectivity index (χ1n) is 7.83. The summed E-state index contributed by atoms with van der Waals surface area (Å²) in [6.45, 7) is 3.49. The Hall–Kier alpha value is -1.64. The van der Waals surface area contributed by atoms with E-state index in [9.17, 15) is 5.11 Å². The fourth-order valence-electron chi connectivity index (χ4n) is 3.14. The van der Waals surface area contributed by atoms with Crippen LogP contribution in [0.1, 0.15) is 18.4 Å². The third kappa shape index (κ3) is 3.72. The largest absolute Gasteiger partial charge is 0.396 e. The lowest BCUT2D eigenvalue weighted by atomic mass is 9.98. The predicted octanol–water partition coefficient (Wildman–Crippen LogP) is 3.56. The van der Waals surface area contributed by atoms with Crippen LogP contribution < -0.4 is 0 Å². The highest BCUT2D eigenvalue weighted by atomic mass is 16.3. The van der Waals surface area contributed by atoms with Crippen LogP contribution in [0.5, 0.6) is 0 Å². The molecule has 0 aromatic heterocycles. The van der Waals surface area contributed by atoms with E-state index in [0.717, 1.165) is 19.6 Å². The summed E-state index contributed by atoms with van der Waals surface area (Å²) in [5.74, 6) is 0.461. The minimum Gasteiger partial charge on any atom is -0.396 e. The molecule has 1 aliphatic heterocycles. The van der Waals surface area contributed by atoms with Gasteiger partial charge in [0.1, 0.15) is 0 Å². The molecule has 1 N–H and O–H groups in total. The highest BCUT2D eigenvalue weighted by Crippen LogP contribution is 2.21. The van der Waals surface area contributed by atoms with Gasteiger partial charge in [-0.3, -0.25) is 4.90 Å². The lowest BCUT2D eigenvalue weighted by molar-refractivity contribution is 0.116. The Morgan fingerprint density at radius 1 is 0.952 bits per heavy atom. The molecule has 0 radical (unpaired) electrons. The topological polar surface area (TPSA) is 23.5 Å². The molecule has 0 amide bonds. The molecule has 2 nitrogen and oxygen atoms in total. The van der Waals surface area contributed by atoms with Gasteiger partial charge in [-0.2, -0.15) is 0 Å². The first-order valence-corrected chi connectivity index (χ1v) is 7.83. The molecular formula is C19H23NO. The summed E-state index contributed by atoms with van der Waals surface area (Å²) in [4.78, 5) is 2.46. The van der Waals surface area contributed by atoms with Gasteiger partial charge in [0.15, 0.2) is 0 Å². The second-order valence-corrected chi connectivity index (χ2v) is 5.99. The molecule has 110 valence electrons. The zero-order chi connectivity index (χ0) is 14.5. The summed E-state index contributed by atoms with van der Waals surface area (Å²) in [6.07, 6.45) is 2.37.